The number of aliphatic hydroxyl groups excluding tert-OH is 1. The highest BCUT2D eigenvalue weighted by Crippen LogP contribution is 2.28. The van der Waals surface area contributed by atoms with E-state index < -0.39 is 4.92 Å². The van der Waals surface area contributed by atoms with Gasteiger partial charge in [-0.05, 0) is 31.2 Å². The van der Waals surface area contributed by atoms with Gasteiger partial charge in [0.15, 0.2) is 0 Å². The molecule has 0 aromatic heterocycles. The standard InChI is InChI=1S/C16H22N2O4/c19-10-9-15(12-5-2-1-3-6-12)17-16(20)13-7-4-8-14(11-13)18(21)22/h4,7-8,11-12,15,19H,1-3,5-6,9-10H2,(H,17,20). The Morgan fingerprint density at radius 3 is 2.73 bits per heavy atom. The number of nitro groups is 1. The van der Waals surface area contributed by atoms with Crippen LogP contribution >= 0.6 is 0 Å². The Kier molecular flexibility index (Phi) is 5.89. The lowest BCUT2D eigenvalue weighted by Crippen LogP contribution is -2.41. The van der Waals surface area contributed by atoms with Gasteiger partial charge in [0.1, 0.15) is 0 Å². The number of nitrogens with one attached hydrogen (secondary N) is 1. The van der Waals surface area contributed by atoms with Crippen LogP contribution in [0.25, 0.3) is 0 Å². The molecule has 0 saturated heterocycles. The Morgan fingerprint density at radius 2 is 2.09 bits per heavy atom. The van der Waals surface area contributed by atoms with E-state index >= 15 is 0 Å². The molecule has 1 atom stereocenters. The van der Waals surface area contributed by atoms with Crippen molar-refractivity contribution < 1.29 is 14.8 Å². The molecule has 1 aromatic carbocycles. The highest BCUT2D eigenvalue weighted by atomic mass is 16.6. The molecule has 6 heteroatoms. The van der Waals surface area contributed by atoms with Gasteiger partial charge in [0.2, 0.25) is 0 Å². The number of rotatable bonds is 6. The minimum atomic E-state index is -0.511. The fraction of sp³-hybridized carbons (Fsp3) is 0.562. The molecule has 0 spiro atoms. The van der Waals surface area contributed by atoms with E-state index in [1.165, 1.54) is 24.6 Å². The number of nitrogens with zero attached hydrogens (tertiary/aromatic N) is 1. The molecule has 22 heavy (non-hydrogen) atoms. The molecule has 1 aliphatic carbocycles. The number of nitro benzene ring substituents is 1. The minimum Gasteiger partial charge on any atom is -0.396 e. The molecule has 1 saturated carbocycles. The van der Waals surface area contributed by atoms with Crippen LogP contribution in [0.15, 0.2) is 24.3 Å². The molecule has 6 nitrogen and oxygen atoms in total. The molecular weight excluding hydrogens is 284 g/mol. The molecule has 120 valence electrons. The Labute approximate surface area is 129 Å². The summed E-state index contributed by atoms with van der Waals surface area (Å²) in [6, 6.07) is 5.65. The molecular formula is C16H22N2O4. The zero-order chi connectivity index (χ0) is 15.9. The summed E-state index contributed by atoms with van der Waals surface area (Å²) < 4.78 is 0. The Balaban J connectivity index is 2.06. The lowest BCUT2D eigenvalue weighted by atomic mass is 9.82. The lowest BCUT2D eigenvalue weighted by molar-refractivity contribution is -0.384. The van der Waals surface area contributed by atoms with Gasteiger partial charge in [-0.15, -0.1) is 0 Å². The maximum Gasteiger partial charge on any atom is 0.270 e. The molecule has 0 radical (unpaired) electrons. The first-order valence-electron chi connectivity index (χ1n) is 7.78. The average Bonchev–Trinajstić information content (AvgIpc) is 2.55. The van der Waals surface area contributed by atoms with E-state index in [9.17, 15) is 20.0 Å². The summed E-state index contributed by atoms with van der Waals surface area (Å²) in [5.41, 5.74) is 0.192. The van der Waals surface area contributed by atoms with Crippen LogP contribution in [0.5, 0.6) is 0 Å². The van der Waals surface area contributed by atoms with Gasteiger partial charge in [0.05, 0.1) is 4.92 Å². The second kappa shape index (κ2) is 7.89. The maximum atomic E-state index is 12.3. The van der Waals surface area contributed by atoms with Crippen molar-refractivity contribution in [2.75, 3.05) is 6.61 Å². The zero-order valence-electron chi connectivity index (χ0n) is 12.5. The van der Waals surface area contributed by atoms with Crippen LogP contribution in [-0.4, -0.2) is 28.6 Å². The van der Waals surface area contributed by atoms with E-state index in [2.05, 4.69) is 5.32 Å². The van der Waals surface area contributed by atoms with Crippen LogP contribution in [0.1, 0.15) is 48.9 Å². The van der Waals surface area contributed by atoms with E-state index in [-0.39, 0.29) is 29.8 Å². The van der Waals surface area contributed by atoms with Crippen molar-refractivity contribution in [1.82, 2.24) is 5.32 Å². The smallest absolute Gasteiger partial charge is 0.270 e. The first-order valence-corrected chi connectivity index (χ1v) is 7.78. The van der Waals surface area contributed by atoms with E-state index in [0.29, 0.717) is 12.3 Å². The van der Waals surface area contributed by atoms with Crippen molar-refractivity contribution in [3.63, 3.8) is 0 Å². The van der Waals surface area contributed by atoms with Gasteiger partial charge in [-0.25, -0.2) is 0 Å². The molecule has 2 rings (SSSR count). The second-order valence-electron chi connectivity index (χ2n) is 5.80. The molecule has 1 unspecified atom stereocenters. The third kappa shape index (κ3) is 4.27. The van der Waals surface area contributed by atoms with E-state index in [1.54, 1.807) is 6.07 Å². The molecule has 0 aliphatic heterocycles. The van der Waals surface area contributed by atoms with Crippen LogP contribution in [0, 0.1) is 16.0 Å². The fourth-order valence-electron chi connectivity index (χ4n) is 3.11. The normalized spacial score (nSPS) is 17.0. The second-order valence-corrected chi connectivity index (χ2v) is 5.80. The molecule has 1 amide bonds. The number of non-ortho nitro benzene ring substituents is 1. The Bertz CT molecular complexity index is 527. The topological polar surface area (TPSA) is 92.5 Å². The summed E-state index contributed by atoms with van der Waals surface area (Å²) in [6.45, 7) is 0.0242. The molecule has 2 N–H and O–H groups in total. The van der Waals surface area contributed by atoms with Crippen LogP contribution in [0.3, 0.4) is 0 Å². The van der Waals surface area contributed by atoms with E-state index in [4.69, 9.17) is 0 Å². The van der Waals surface area contributed by atoms with Gasteiger partial charge in [-0.2, -0.15) is 0 Å². The highest BCUT2D eigenvalue weighted by molar-refractivity contribution is 5.95. The number of hydrogen-bond acceptors (Lipinski definition) is 4. The Morgan fingerprint density at radius 1 is 1.36 bits per heavy atom. The predicted octanol–water partition coefficient (Wildman–Crippen LogP) is 2.66. The van der Waals surface area contributed by atoms with Crippen molar-refractivity contribution in [3.05, 3.63) is 39.9 Å². The maximum absolute atomic E-state index is 12.3. The SMILES string of the molecule is O=C(NC(CCO)C1CCCCC1)c1cccc([N+](=O)[O-])c1. The summed E-state index contributed by atoms with van der Waals surface area (Å²) in [7, 11) is 0. The fourth-order valence-corrected chi connectivity index (χ4v) is 3.11. The highest BCUT2D eigenvalue weighted by Gasteiger charge is 2.25. The zero-order valence-corrected chi connectivity index (χ0v) is 12.5. The van der Waals surface area contributed by atoms with Crippen LogP contribution in [0.2, 0.25) is 0 Å². The number of carbonyl (C=O) groups excluding carboxylic acids is 1. The average molecular weight is 306 g/mol. The quantitative estimate of drug-likeness (QED) is 0.624. The largest absolute Gasteiger partial charge is 0.396 e. The summed E-state index contributed by atoms with van der Waals surface area (Å²) in [6.07, 6.45) is 6.16. The summed E-state index contributed by atoms with van der Waals surface area (Å²) in [5, 5.41) is 23.0. The van der Waals surface area contributed by atoms with Crippen molar-refractivity contribution >= 4 is 11.6 Å². The molecule has 1 aromatic rings. The van der Waals surface area contributed by atoms with Crippen molar-refractivity contribution in [3.8, 4) is 0 Å². The third-order valence-corrected chi connectivity index (χ3v) is 4.29. The van der Waals surface area contributed by atoms with Crippen LogP contribution < -0.4 is 5.32 Å². The number of aliphatic hydroxyl groups is 1. The van der Waals surface area contributed by atoms with E-state index in [0.717, 1.165) is 25.7 Å². The number of carbonyl (C=O) groups is 1. The van der Waals surface area contributed by atoms with Gasteiger partial charge >= 0.3 is 0 Å². The van der Waals surface area contributed by atoms with Gasteiger partial charge in [0.25, 0.3) is 11.6 Å². The van der Waals surface area contributed by atoms with Crippen molar-refractivity contribution in [2.45, 2.75) is 44.6 Å². The van der Waals surface area contributed by atoms with Crippen LogP contribution in [0.4, 0.5) is 5.69 Å². The predicted molar refractivity (Wildman–Crippen MR) is 82.6 cm³/mol. The monoisotopic (exact) mass is 306 g/mol. The summed E-state index contributed by atoms with van der Waals surface area (Å²) in [5.74, 6) is 0.0660. The van der Waals surface area contributed by atoms with Gasteiger partial charge in [-0.1, -0.05) is 25.3 Å². The van der Waals surface area contributed by atoms with E-state index in [1.807, 2.05) is 0 Å². The molecule has 1 aliphatic rings. The Hall–Kier alpha value is -1.95. The number of hydrogen-bond donors (Lipinski definition) is 2. The summed E-state index contributed by atoms with van der Waals surface area (Å²) >= 11 is 0. The van der Waals surface area contributed by atoms with Crippen molar-refractivity contribution in [1.29, 1.82) is 0 Å². The van der Waals surface area contributed by atoms with Gasteiger partial charge in [-0.3, -0.25) is 14.9 Å². The third-order valence-electron chi connectivity index (χ3n) is 4.29. The number of amides is 1. The molecule has 0 heterocycles. The van der Waals surface area contributed by atoms with Crippen molar-refractivity contribution in [2.24, 2.45) is 5.92 Å². The molecule has 1 fully saturated rings. The molecule has 0 bridgehead atoms. The van der Waals surface area contributed by atoms with Gasteiger partial charge in [0, 0.05) is 30.3 Å². The van der Waals surface area contributed by atoms with Gasteiger partial charge < -0.3 is 10.4 Å². The first kappa shape index (κ1) is 16.4. The lowest BCUT2D eigenvalue weighted by Gasteiger charge is -2.30. The first-order chi connectivity index (χ1) is 10.6. The minimum absolute atomic E-state index is 0.0242. The summed E-state index contributed by atoms with van der Waals surface area (Å²) in [4.78, 5) is 22.6. The number of benzene rings is 1. The van der Waals surface area contributed by atoms with Crippen LogP contribution in [-0.2, 0) is 0 Å².